The average Bonchev–Trinajstić information content (AvgIpc) is 2.43. The molecule has 1 amide bonds. The van der Waals surface area contributed by atoms with Crippen molar-refractivity contribution in [2.75, 3.05) is 5.32 Å². The summed E-state index contributed by atoms with van der Waals surface area (Å²) in [5.74, 6) is -0.440. The molecular weight excluding hydrogens is 287 g/mol. The number of halogens is 2. The Bertz CT molecular complexity index is 571. The molecule has 5 nitrogen and oxygen atoms in total. The highest BCUT2D eigenvalue weighted by Gasteiger charge is 2.18. The van der Waals surface area contributed by atoms with Gasteiger partial charge in [-0.2, -0.15) is 0 Å². The molecule has 0 aliphatic heterocycles. The number of hydrogen-bond acceptors (Lipinski definition) is 4. The van der Waals surface area contributed by atoms with Crippen LogP contribution in [0.3, 0.4) is 0 Å². The fourth-order valence-electron chi connectivity index (χ4n) is 1.46. The van der Waals surface area contributed by atoms with Gasteiger partial charge in [-0.05, 0) is 5.56 Å². The molecule has 98 valence electrons. The zero-order valence-corrected chi connectivity index (χ0v) is 11.2. The van der Waals surface area contributed by atoms with Gasteiger partial charge in [0.25, 0.3) is 0 Å². The number of anilines is 1. The van der Waals surface area contributed by atoms with Crippen molar-refractivity contribution < 1.29 is 4.79 Å². The Hall–Kier alpha value is -1.69. The molecule has 1 unspecified atom stereocenters. The molecule has 0 bridgehead atoms. The van der Waals surface area contributed by atoms with Crippen LogP contribution in [-0.2, 0) is 4.79 Å². The first-order chi connectivity index (χ1) is 9.09. The van der Waals surface area contributed by atoms with E-state index in [9.17, 15) is 4.79 Å². The van der Waals surface area contributed by atoms with Gasteiger partial charge >= 0.3 is 0 Å². The first-order valence-corrected chi connectivity index (χ1v) is 6.12. The number of rotatable bonds is 3. The molecule has 1 atom stereocenters. The number of hydrogen-bond donors (Lipinski definition) is 2. The van der Waals surface area contributed by atoms with Crippen molar-refractivity contribution in [2.24, 2.45) is 5.73 Å². The molecule has 2 rings (SSSR count). The van der Waals surface area contributed by atoms with Gasteiger partial charge in [0.15, 0.2) is 10.3 Å². The third kappa shape index (κ3) is 3.20. The molecule has 0 fully saturated rings. The highest BCUT2D eigenvalue weighted by molar-refractivity contribution is 6.38. The summed E-state index contributed by atoms with van der Waals surface area (Å²) in [5.41, 5.74) is 6.69. The zero-order valence-electron chi connectivity index (χ0n) is 9.68. The standard InChI is InChI=1S/C12H10Cl2N4O/c13-10-9(11(14)17-6-16-10)18-12(19)8(15)7-4-2-1-3-5-7/h1-6,8H,15H2,(H,18,19). The molecule has 1 aromatic carbocycles. The quantitative estimate of drug-likeness (QED) is 0.853. The first kappa shape index (κ1) is 13.7. The molecule has 0 saturated carbocycles. The number of carbonyl (C=O) groups is 1. The van der Waals surface area contributed by atoms with E-state index in [0.717, 1.165) is 0 Å². The van der Waals surface area contributed by atoms with Crippen LogP contribution in [0.1, 0.15) is 11.6 Å². The van der Waals surface area contributed by atoms with Gasteiger partial charge in [-0.3, -0.25) is 4.79 Å². The minimum absolute atomic E-state index is 0.0635. The number of carbonyl (C=O) groups excluding carboxylic acids is 1. The first-order valence-electron chi connectivity index (χ1n) is 5.37. The highest BCUT2D eigenvalue weighted by Crippen LogP contribution is 2.26. The highest BCUT2D eigenvalue weighted by atomic mass is 35.5. The van der Waals surface area contributed by atoms with E-state index in [2.05, 4.69) is 15.3 Å². The van der Waals surface area contributed by atoms with Crippen LogP contribution in [0.25, 0.3) is 0 Å². The summed E-state index contributed by atoms with van der Waals surface area (Å²) in [6.07, 6.45) is 1.21. The minimum Gasteiger partial charge on any atom is -0.319 e. The van der Waals surface area contributed by atoms with E-state index < -0.39 is 11.9 Å². The Labute approximate surface area is 119 Å². The van der Waals surface area contributed by atoms with Crippen LogP contribution >= 0.6 is 23.2 Å². The van der Waals surface area contributed by atoms with Crippen LogP contribution in [0, 0.1) is 0 Å². The van der Waals surface area contributed by atoms with Crippen molar-refractivity contribution in [3.05, 3.63) is 52.5 Å². The van der Waals surface area contributed by atoms with Crippen LogP contribution in [0.2, 0.25) is 10.3 Å². The summed E-state index contributed by atoms with van der Waals surface area (Å²) >= 11 is 11.7. The number of benzene rings is 1. The van der Waals surface area contributed by atoms with Crippen LogP contribution in [0.4, 0.5) is 5.69 Å². The van der Waals surface area contributed by atoms with Gasteiger partial charge in [-0.1, -0.05) is 53.5 Å². The summed E-state index contributed by atoms with van der Waals surface area (Å²) in [5, 5.41) is 2.65. The van der Waals surface area contributed by atoms with Gasteiger partial charge in [0.2, 0.25) is 5.91 Å². The Morgan fingerprint density at radius 1 is 1.16 bits per heavy atom. The van der Waals surface area contributed by atoms with Crippen LogP contribution in [0.5, 0.6) is 0 Å². The van der Waals surface area contributed by atoms with Gasteiger partial charge in [-0.25, -0.2) is 9.97 Å². The Balaban J connectivity index is 2.18. The lowest BCUT2D eigenvalue weighted by molar-refractivity contribution is -0.117. The van der Waals surface area contributed by atoms with Gasteiger partial charge in [-0.15, -0.1) is 0 Å². The van der Waals surface area contributed by atoms with Crippen LogP contribution in [-0.4, -0.2) is 15.9 Å². The maximum atomic E-state index is 12.0. The second-order valence-corrected chi connectivity index (χ2v) is 4.42. The van der Waals surface area contributed by atoms with E-state index in [1.165, 1.54) is 6.33 Å². The smallest absolute Gasteiger partial charge is 0.246 e. The van der Waals surface area contributed by atoms with Gasteiger partial charge in [0.05, 0.1) is 0 Å². The summed E-state index contributed by atoms with van der Waals surface area (Å²) in [6.45, 7) is 0. The molecule has 0 spiro atoms. The Kier molecular flexibility index (Phi) is 4.31. The van der Waals surface area contributed by atoms with Gasteiger partial charge in [0.1, 0.15) is 18.1 Å². The third-order valence-corrected chi connectivity index (χ3v) is 3.02. The molecular formula is C12H10Cl2N4O. The van der Waals surface area contributed by atoms with Crippen molar-refractivity contribution in [3.8, 4) is 0 Å². The molecule has 1 heterocycles. The summed E-state index contributed by atoms with van der Waals surface area (Å²) in [7, 11) is 0. The lowest BCUT2D eigenvalue weighted by atomic mass is 10.1. The molecule has 2 aromatic rings. The Morgan fingerprint density at radius 3 is 2.32 bits per heavy atom. The van der Waals surface area contributed by atoms with Crippen molar-refractivity contribution in [1.29, 1.82) is 0 Å². The second-order valence-electron chi connectivity index (χ2n) is 3.71. The average molecular weight is 297 g/mol. The third-order valence-electron chi connectivity index (χ3n) is 2.44. The molecule has 0 saturated heterocycles. The molecule has 0 radical (unpaired) electrons. The molecule has 3 N–H and O–H groups in total. The summed E-state index contributed by atoms with van der Waals surface area (Å²) in [4.78, 5) is 19.5. The monoisotopic (exact) mass is 296 g/mol. The van der Waals surface area contributed by atoms with E-state index in [4.69, 9.17) is 28.9 Å². The lowest BCUT2D eigenvalue weighted by Gasteiger charge is -2.13. The topological polar surface area (TPSA) is 80.9 Å². The molecule has 19 heavy (non-hydrogen) atoms. The van der Waals surface area contributed by atoms with Crippen molar-refractivity contribution in [2.45, 2.75) is 6.04 Å². The SMILES string of the molecule is NC(C(=O)Nc1c(Cl)ncnc1Cl)c1ccccc1. The van der Waals surface area contributed by atoms with Crippen molar-refractivity contribution in [1.82, 2.24) is 9.97 Å². The molecule has 0 aliphatic rings. The molecule has 0 aliphatic carbocycles. The normalized spacial score (nSPS) is 11.9. The van der Waals surface area contributed by atoms with Crippen LogP contribution < -0.4 is 11.1 Å². The maximum absolute atomic E-state index is 12.0. The summed E-state index contributed by atoms with van der Waals surface area (Å²) in [6, 6.07) is 8.13. The molecule has 1 aromatic heterocycles. The second kappa shape index (κ2) is 5.97. The van der Waals surface area contributed by atoms with Gasteiger partial charge in [0, 0.05) is 0 Å². The van der Waals surface area contributed by atoms with Crippen molar-refractivity contribution >= 4 is 34.8 Å². The number of amides is 1. The summed E-state index contributed by atoms with van der Waals surface area (Å²) < 4.78 is 0. The predicted molar refractivity (Wildman–Crippen MR) is 74.1 cm³/mol. The zero-order chi connectivity index (χ0) is 13.8. The largest absolute Gasteiger partial charge is 0.319 e. The molecule has 7 heteroatoms. The van der Waals surface area contributed by atoms with E-state index in [1.54, 1.807) is 24.3 Å². The van der Waals surface area contributed by atoms with E-state index in [1.807, 2.05) is 6.07 Å². The predicted octanol–water partition coefficient (Wildman–Crippen LogP) is 2.42. The fourth-order valence-corrected chi connectivity index (χ4v) is 1.87. The number of nitrogens with one attached hydrogen (secondary N) is 1. The number of nitrogens with two attached hydrogens (primary N) is 1. The van der Waals surface area contributed by atoms with Crippen molar-refractivity contribution in [3.63, 3.8) is 0 Å². The van der Waals surface area contributed by atoms with E-state index in [0.29, 0.717) is 5.56 Å². The van der Waals surface area contributed by atoms with E-state index >= 15 is 0 Å². The maximum Gasteiger partial charge on any atom is 0.246 e. The van der Waals surface area contributed by atoms with Gasteiger partial charge < -0.3 is 11.1 Å². The number of nitrogens with zero attached hydrogens (tertiary/aromatic N) is 2. The fraction of sp³-hybridized carbons (Fsp3) is 0.0833. The lowest BCUT2D eigenvalue weighted by Crippen LogP contribution is -2.28. The van der Waals surface area contributed by atoms with E-state index in [-0.39, 0.29) is 16.0 Å². The Morgan fingerprint density at radius 2 is 1.74 bits per heavy atom. The van der Waals surface area contributed by atoms with Crippen LogP contribution in [0.15, 0.2) is 36.7 Å². The number of aromatic nitrogens is 2. The minimum atomic E-state index is -0.825.